The summed E-state index contributed by atoms with van der Waals surface area (Å²) in [5, 5.41) is 0.915. The summed E-state index contributed by atoms with van der Waals surface area (Å²) < 4.78 is 5.47. The molecule has 0 saturated carbocycles. The van der Waals surface area contributed by atoms with Gasteiger partial charge >= 0.3 is 0 Å². The second-order valence-electron chi connectivity index (χ2n) is 4.11. The Bertz CT molecular complexity index is 437. The Hall–Kier alpha value is -0.610. The Kier molecular flexibility index (Phi) is 4.05. The van der Waals surface area contributed by atoms with Crippen LogP contribution in [0.15, 0.2) is 18.2 Å². The van der Waals surface area contributed by atoms with Gasteiger partial charge in [0.25, 0.3) is 0 Å². The predicted octanol–water partition coefficient (Wildman–Crippen LogP) is 2.51. The van der Waals surface area contributed by atoms with Gasteiger partial charge < -0.3 is 9.64 Å². The molecule has 92 valence electrons. The highest BCUT2D eigenvalue weighted by atomic mass is 35.5. The van der Waals surface area contributed by atoms with Gasteiger partial charge in [0.15, 0.2) is 5.78 Å². The molecule has 1 aliphatic rings. The summed E-state index contributed by atoms with van der Waals surface area (Å²) in [6.07, 6.45) is -0.454. The minimum absolute atomic E-state index is 0.107. The van der Waals surface area contributed by atoms with Gasteiger partial charge in [-0.1, -0.05) is 23.2 Å². The Morgan fingerprint density at radius 2 is 2.24 bits per heavy atom. The molecule has 1 heterocycles. The number of ether oxygens (including phenoxy) is 1. The van der Waals surface area contributed by atoms with Crippen molar-refractivity contribution in [2.45, 2.75) is 6.10 Å². The first kappa shape index (κ1) is 12.8. The number of hydrogen-bond donors (Lipinski definition) is 0. The number of halogens is 2. The highest BCUT2D eigenvalue weighted by molar-refractivity contribution is 6.36. The van der Waals surface area contributed by atoms with Crippen molar-refractivity contribution in [3.8, 4) is 0 Å². The van der Waals surface area contributed by atoms with Crippen LogP contribution in [0.25, 0.3) is 0 Å². The number of carbonyl (C=O) groups excluding carboxylic acids is 1. The van der Waals surface area contributed by atoms with Gasteiger partial charge in [-0.15, -0.1) is 0 Å². The minimum atomic E-state index is -0.454. The lowest BCUT2D eigenvalue weighted by molar-refractivity contribution is -0.00861. The number of carbonyl (C=O) groups is 1. The van der Waals surface area contributed by atoms with E-state index in [0.29, 0.717) is 28.8 Å². The Labute approximate surface area is 110 Å². The van der Waals surface area contributed by atoms with E-state index < -0.39 is 6.10 Å². The number of nitrogens with zero attached hydrogens (tertiary/aromatic N) is 1. The number of Topliss-reactive ketones (excluding diaryl/α,β-unsaturated/α-hetero) is 1. The van der Waals surface area contributed by atoms with E-state index in [1.807, 2.05) is 7.05 Å². The standard InChI is InChI=1S/C12H13Cl2NO2/c1-15-4-5-17-11(7-15)12(16)9-6-8(13)2-3-10(9)14/h2-3,6,11H,4-5,7H2,1H3. The van der Waals surface area contributed by atoms with E-state index >= 15 is 0 Å². The third kappa shape index (κ3) is 2.99. The van der Waals surface area contributed by atoms with Crippen LogP contribution in [-0.4, -0.2) is 43.5 Å². The zero-order valence-corrected chi connectivity index (χ0v) is 11.0. The van der Waals surface area contributed by atoms with Crippen LogP contribution in [0.4, 0.5) is 0 Å². The smallest absolute Gasteiger partial charge is 0.194 e. The quantitative estimate of drug-likeness (QED) is 0.776. The summed E-state index contributed by atoms with van der Waals surface area (Å²) in [5.74, 6) is -0.107. The molecule has 1 unspecified atom stereocenters. The molecule has 0 bridgehead atoms. The molecule has 0 aromatic heterocycles. The van der Waals surface area contributed by atoms with Gasteiger partial charge in [0, 0.05) is 23.7 Å². The van der Waals surface area contributed by atoms with Gasteiger partial charge in [-0.25, -0.2) is 0 Å². The van der Waals surface area contributed by atoms with Crippen LogP contribution in [0.1, 0.15) is 10.4 Å². The molecular weight excluding hydrogens is 261 g/mol. The average molecular weight is 274 g/mol. The molecule has 2 rings (SSSR count). The summed E-state index contributed by atoms with van der Waals surface area (Å²) in [5.41, 5.74) is 0.430. The maximum Gasteiger partial charge on any atom is 0.194 e. The molecule has 1 atom stereocenters. The molecular formula is C12H13Cl2NO2. The van der Waals surface area contributed by atoms with Crippen molar-refractivity contribution in [3.63, 3.8) is 0 Å². The van der Waals surface area contributed by atoms with Crippen molar-refractivity contribution in [2.24, 2.45) is 0 Å². The normalized spacial score (nSPS) is 21.5. The molecule has 0 amide bonds. The first-order chi connectivity index (χ1) is 8.08. The average Bonchev–Trinajstić information content (AvgIpc) is 2.31. The van der Waals surface area contributed by atoms with Crippen LogP contribution in [0, 0.1) is 0 Å². The van der Waals surface area contributed by atoms with Crippen LogP contribution in [-0.2, 0) is 4.74 Å². The Morgan fingerprint density at radius 3 is 2.94 bits per heavy atom. The largest absolute Gasteiger partial charge is 0.367 e. The van der Waals surface area contributed by atoms with Crippen molar-refractivity contribution in [1.29, 1.82) is 0 Å². The first-order valence-electron chi connectivity index (χ1n) is 5.37. The highest BCUT2D eigenvalue weighted by Crippen LogP contribution is 2.23. The summed E-state index contributed by atoms with van der Waals surface area (Å²) in [6, 6.07) is 4.88. The molecule has 1 aromatic carbocycles. The van der Waals surface area contributed by atoms with E-state index in [1.165, 1.54) is 0 Å². The molecule has 1 fully saturated rings. The molecule has 5 heteroatoms. The predicted molar refractivity (Wildman–Crippen MR) is 68.0 cm³/mol. The number of benzene rings is 1. The molecule has 1 aliphatic heterocycles. The second-order valence-corrected chi connectivity index (χ2v) is 4.95. The van der Waals surface area contributed by atoms with E-state index in [2.05, 4.69) is 4.90 Å². The van der Waals surface area contributed by atoms with Gasteiger partial charge in [-0.2, -0.15) is 0 Å². The lowest BCUT2D eigenvalue weighted by atomic mass is 10.0. The number of likely N-dealkylation sites (N-methyl/N-ethyl adjacent to an activating group) is 1. The molecule has 0 radical (unpaired) electrons. The summed E-state index contributed by atoms with van der Waals surface area (Å²) in [6.45, 7) is 1.99. The third-order valence-corrected chi connectivity index (χ3v) is 3.32. The fraction of sp³-hybridized carbons (Fsp3) is 0.417. The number of hydrogen-bond acceptors (Lipinski definition) is 3. The van der Waals surface area contributed by atoms with E-state index in [9.17, 15) is 4.79 Å². The van der Waals surface area contributed by atoms with Gasteiger partial charge in [0.05, 0.1) is 11.6 Å². The van der Waals surface area contributed by atoms with Crippen molar-refractivity contribution >= 4 is 29.0 Å². The molecule has 0 N–H and O–H groups in total. The maximum atomic E-state index is 12.2. The molecule has 0 spiro atoms. The molecule has 17 heavy (non-hydrogen) atoms. The van der Waals surface area contributed by atoms with Gasteiger partial charge in [0.2, 0.25) is 0 Å². The van der Waals surface area contributed by atoms with Crippen LogP contribution < -0.4 is 0 Å². The van der Waals surface area contributed by atoms with Crippen LogP contribution in [0.3, 0.4) is 0 Å². The lowest BCUT2D eigenvalue weighted by Crippen LogP contribution is -2.44. The van der Waals surface area contributed by atoms with Crippen molar-refractivity contribution < 1.29 is 9.53 Å². The second kappa shape index (κ2) is 5.36. The van der Waals surface area contributed by atoms with E-state index in [4.69, 9.17) is 27.9 Å². The lowest BCUT2D eigenvalue weighted by Gasteiger charge is -2.29. The summed E-state index contributed by atoms with van der Waals surface area (Å²) >= 11 is 11.9. The fourth-order valence-corrected chi connectivity index (χ4v) is 2.18. The molecule has 3 nitrogen and oxygen atoms in total. The van der Waals surface area contributed by atoms with Crippen LogP contribution in [0.5, 0.6) is 0 Å². The Morgan fingerprint density at radius 1 is 1.47 bits per heavy atom. The third-order valence-electron chi connectivity index (χ3n) is 2.76. The zero-order valence-electron chi connectivity index (χ0n) is 9.45. The molecule has 1 saturated heterocycles. The van der Waals surface area contributed by atoms with Gasteiger partial charge in [-0.3, -0.25) is 4.79 Å². The minimum Gasteiger partial charge on any atom is -0.367 e. The SMILES string of the molecule is CN1CCOC(C(=O)c2cc(Cl)ccc2Cl)C1. The van der Waals surface area contributed by atoms with Crippen molar-refractivity contribution in [1.82, 2.24) is 4.90 Å². The van der Waals surface area contributed by atoms with Crippen LogP contribution in [0.2, 0.25) is 10.0 Å². The highest BCUT2D eigenvalue weighted by Gasteiger charge is 2.27. The van der Waals surface area contributed by atoms with E-state index in [0.717, 1.165) is 6.54 Å². The monoisotopic (exact) mass is 273 g/mol. The zero-order chi connectivity index (χ0) is 12.4. The summed E-state index contributed by atoms with van der Waals surface area (Å²) in [4.78, 5) is 14.3. The number of morpholine rings is 1. The molecule has 0 aliphatic carbocycles. The van der Waals surface area contributed by atoms with E-state index in [-0.39, 0.29) is 5.78 Å². The van der Waals surface area contributed by atoms with E-state index in [1.54, 1.807) is 18.2 Å². The van der Waals surface area contributed by atoms with Gasteiger partial charge in [0.1, 0.15) is 6.10 Å². The Balaban J connectivity index is 2.21. The molecule has 1 aromatic rings. The van der Waals surface area contributed by atoms with Crippen LogP contribution >= 0.6 is 23.2 Å². The van der Waals surface area contributed by atoms with Gasteiger partial charge in [-0.05, 0) is 25.2 Å². The maximum absolute atomic E-state index is 12.2. The van der Waals surface area contributed by atoms with Crippen molar-refractivity contribution in [3.05, 3.63) is 33.8 Å². The van der Waals surface area contributed by atoms with Crippen molar-refractivity contribution in [2.75, 3.05) is 26.7 Å². The topological polar surface area (TPSA) is 29.5 Å². The fourth-order valence-electron chi connectivity index (χ4n) is 1.80. The number of ketones is 1. The first-order valence-corrected chi connectivity index (χ1v) is 6.13. The number of rotatable bonds is 2. The summed E-state index contributed by atoms with van der Waals surface area (Å²) in [7, 11) is 1.96.